The molecule has 0 radical (unpaired) electrons. The number of aromatic nitrogens is 3. The van der Waals surface area contributed by atoms with Crippen LogP contribution in [0.15, 0.2) is 35.6 Å². The zero-order chi connectivity index (χ0) is 14.3. The third kappa shape index (κ3) is 2.92. The second kappa shape index (κ2) is 4.34. The van der Waals surface area contributed by atoms with E-state index in [4.69, 9.17) is 0 Å². The van der Waals surface area contributed by atoms with Crippen LogP contribution in [0.4, 0.5) is 13.2 Å². The SMILES string of the molecule is CS(=O)(=O)c1ccc(-n2cc(C(F)(F)F)cn2)nc1. The number of rotatable bonds is 2. The number of alkyl halides is 3. The number of pyridine rings is 1. The predicted octanol–water partition coefficient (Wildman–Crippen LogP) is 1.69. The molecule has 0 atom stereocenters. The van der Waals surface area contributed by atoms with E-state index in [1.165, 1.54) is 12.1 Å². The highest BCUT2D eigenvalue weighted by Gasteiger charge is 2.32. The van der Waals surface area contributed by atoms with Crippen LogP contribution in [-0.4, -0.2) is 29.4 Å². The van der Waals surface area contributed by atoms with Gasteiger partial charge in [0.2, 0.25) is 0 Å². The van der Waals surface area contributed by atoms with E-state index < -0.39 is 21.6 Å². The van der Waals surface area contributed by atoms with Gasteiger partial charge in [0, 0.05) is 18.6 Å². The Bertz CT molecular complexity index is 690. The Labute approximate surface area is 106 Å². The minimum Gasteiger partial charge on any atom is -0.236 e. The molecular weight excluding hydrogens is 283 g/mol. The van der Waals surface area contributed by atoms with Crippen molar-refractivity contribution in [2.45, 2.75) is 11.1 Å². The van der Waals surface area contributed by atoms with Crippen LogP contribution < -0.4 is 0 Å². The second-order valence-electron chi connectivity index (χ2n) is 3.80. The van der Waals surface area contributed by atoms with E-state index in [-0.39, 0.29) is 10.7 Å². The zero-order valence-electron chi connectivity index (χ0n) is 9.59. The molecule has 2 aromatic rings. The number of hydrogen-bond donors (Lipinski definition) is 0. The molecule has 0 aliphatic rings. The summed E-state index contributed by atoms with van der Waals surface area (Å²) in [5, 5.41) is 3.53. The van der Waals surface area contributed by atoms with Crippen LogP contribution in [0.1, 0.15) is 5.56 Å². The fraction of sp³-hybridized carbons (Fsp3) is 0.200. The molecule has 0 saturated carbocycles. The van der Waals surface area contributed by atoms with Crippen LogP contribution in [0.3, 0.4) is 0 Å². The molecule has 0 bridgehead atoms. The molecule has 0 N–H and O–H groups in total. The molecular formula is C10H8F3N3O2S. The van der Waals surface area contributed by atoms with Crippen molar-refractivity contribution in [3.63, 3.8) is 0 Å². The van der Waals surface area contributed by atoms with Crippen LogP contribution in [0.25, 0.3) is 5.82 Å². The van der Waals surface area contributed by atoms with Gasteiger partial charge in [0.15, 0.2) is 15.7 Å². The Morgan fingerprint density at radius 2 is 1.89 bits per heavy atom. The van der Waals surface area contributed by atoms with Gasteiger partial charge in [0.1, 0.15) is 0 Å². The lowest BCUT2D eigenvalue weighted by Gasteiger charge is -2.02. The van der Waals surface area contributed by atoms with Crippen LogP contribution in [0.5, 0.6) is 0 Å². The minimum absolute atomic E-state index is 0.0144. The largest absolute Gasteiger partial charge is 0.419 e. The summed E-state index contributed by atoms with van der Waals surface area (Å²) in [5.41, 5.74) is -0.901. The van der Waals surface area contributed by atoms with Gasteiger partial charge in [-0.2, -0.15) is 18.3 Å². The van der Waals surface area contributed by atoms with Crippen LogP contribution in [-0.2, 0) is 16.0 Å². The van der Waals surface area contributed by atoms with E-state index >= 15 is 0 Å². The molecule has 0 unspecified atom stereocenters. The normalized spacial score (nSPS) is 12.6. The first-order chi connectivity index (χ1) is 8.68. The minimum atomic E-state index is -4.48. The van der Waals surface area contributed by atoms with Gasteiger partial charge in [0.05, 0.1) is 16.7 Å². The summed E-state index contributed by atoms with van der Waals surface area (Å²) in [6.07, 6.45) is -0.946. The van der Waals surface area contributed by atoms with Gasteiger partial charge in [-0.15, -0.1) is 0 Å². The topological polar surface area (TPSA) is 64.8 Å². The lowest BCUT2D eigenvalue weighted by atomic mass is 10.3. The lowest BCUT2D eigenvalue weighted by Crippen LogP contribution is -2.04. The first kappa shape index (κ1) is 13.5. The monoisotopic (exact) mass is 291 g/mol. The first-order valence-electron chi connectivity index (χ1n) is 4.96. The van der Waals surface area contributed by atoms with E-state index in [1.54, 1.807) is 0 Å². The Hall–Kier alpha value is -1.90. The van der Waals surface area contributed by atoms with Gasteiger partial charge in [-0.25, -0.2) is 18.1 Å². The standard InChI is InChI=1S/C10H8F3N3O2S/c1-19(17,18)8-2-3-9(14-5-8)16-6-7(4-15-16)10(11,12)13/h2-6H,1H3. The van der Waals surface area contributed by atoms with Crippen molar-refractivity contribution in [3.05, 3.63) is 36.3 Å². The molecule has 0 amide bonds. The van der Waals surface area contributed by atoms with Gasteiger partial charge in [-0.1, -0.05) is 0 Å². The predicted molar refractivity (Wildman–Crippen MR) is 59.5 cm³/mol. The number of hydrogen-bond acceptors (Lipinski definition) is 4. The average Bonchev–Trinajstić information content (AvgIpc) is 2.77. The van der Waals surface area contributed by atoms with E-state index in [0.717, 1.165) is 23.3 Å². The molecule has 0 saturated heterocycles. The quantitative estimate of drug-likeness (QED) is 0.844. The van der Waals surface area contributed by atoms with Gasteiger partial charge in [-0.3, -0.25) is 0 Å². The van der Waals surface area contributed by atoms with E-state index in [0.29, 0.717) is 6.20 Å². The Morgan fingerprint density at radius 3 is 2.32 bits per heavy atom. The fourth-order valence-corrected chi connectivity index (χ4v) is 1.88. The molecule has 0 aromatic carbocycles. The van der Waals surface area contributed by atoms with E-state index in [1.807, 2.05) is 0 Å². The summed E-state index contributed by atoms with van der Waals surface area (Å²) in [6.45, 7) is 0. The van der Waals surface area contributed by atoms with E-state index in [9.17, 15) is 21.6 Å². The Kier molecular flexibility index (Phi) is 3.09. The third-order valence-electron chi connectivity index (χ3n) is 2.29. The smallest absolute Gasteiger partial charge is 0.236 e. The number of halogens is 3. The fourth-order valence-electron chi connectivity index (χ4n) is 1.32. The van der Waals surface area contributed by atoms with Gasteiger partial charge in [0.25, 0.3) is 0 Å². The lowest BCUT2D eigenvalue weighted by molar-refractivity contribution is -0.137. The van der Waals surface area contributed by atoms with Crippen LogP contribution >= 0.6 is 0 Å². The summed E-state index contributed by atoms with van der Waals surface area (Å²) in [6, 6.07) is 2.54. The van der Waals surface area contributed by atoms with Crippen molar-refractivity contribution in [3.8, 4) is 5.82 Å². The van der Waals surface area contributed by atoms with Crippen molar-refractivity contribution in [1.82, 2.24) is 14.8 Å². The summed E-state index contributed by atoms with van der Waals surface area (Å²) in [7, 11) is -3.39. The molecule has 5 nitrogen and oxygen atoms in total. The van der Waals surface area contributed by atoms with Gasteiger partial charge >= 0.3 is 6.18 Å². The van der Waals surface area contributed by atoms with Gasteiger partial charge in [-0.05, 0) is 12.1 Å². The molecule has 0 spiro atoms. The van der Waals surface area contributed by atoms with Crippen LogP contribution in [0.2, 0.25) is 0 Å². The molecule has 2 rings (SSSR count). The molecule has 0 aliphatic heterocycles. The highest BCUT2D eigenvalue weighted by molar-refractivity contribution is 7.90. The van der Waals surface area contributed by atoms with Crippen LogP contribution in [0, 0.1) is 0 Å². The number of nitrogens with zero attached hydrogens (tertiary/aromatic N) is 3. The summed E-state index contributed by atoms with van der Waals surface area (Å²) < 4.78 is 60.5. The molecule has 102 valence electrons. The van der Waals surface area contributed by atoms with Crippen molar-refractivity contribution in [1.29, 1.82) is 0 Å². The third-order valence-corrected chi connectivity index (χ3v) is 3.39. The maximum Gasteiger partial charge on any atom is 0.419 e. The highest BCUT2D eigenvalue weighted by atomic mass is 32.2. The summed E-state index contributed by atoms with van der Waals surface area (Å²) in [4.78, 5) is 3.75. The van der Waals surface area contributed by atoms with Crippen molar-refractivity contribution < 1.29 is 21.6 Å². The summed E-state index contributed by atoms with van der Waals surface area (Å²) in [5.74, 6) is 0.0999. The second-order valence-corrected chi connectivity index (χ2v) is 5.81. The van der Waals surface area contributed by atoms with Crippen molar-refractivity contribution in [2.24, 2.45) is 0 Å². The molecule has 2 heterocycles. The summed E-state index contributed by atoms with van der Waals surface area (Å²) >= 11 is 0. The Morgan fingerprint density at radius 1 is 1.21 bits per heavy atom. The number of sulfone groups is 1. The maximum atomic E-state index is 12.4. The molecule has 0 aliphatic carbocycles. The maximum absolute atomic E-state index is 12.4. The Balaban J connectivity index is 2.36. The molecule has 9 heteroatoms. The zero-order valence-corrected chi connectivity index (χ0v) is 10.4. The first-order valence-corrected chi connectivity index (χ1v) is 6.85. The van der Waals surface area contributed by atoms with Gasteiger partial charge < -0.3 is 0 Å². The molecule has 0 fully saturated rings. The van der Waals surface area contributed by atoms with Crippen molar-refractivity contribution in [2.75, 3.05) is 6.26 Å². The molecule has 2 aromatic heterocycles. The average molecular weight is 291 g/mol. The molecule has 19 heavy (non-hydrogen) atoms. The van der Waals surface area contributed by atoms with E-state index in [2.05, 4.69) is 10.1 Å². The highest BCUT2D eigenvalue weighted by Crippen LogP contribution is 2.28. The van der Waals surface area contributed by atoms with Crippen molar-refractivity contribution >= 4 is 9.84 Å².